The van der Waals surface area contributed by atoms with Crippen LogP contribution in [0.4, 0.5) is 5.69 Å². The number of carbonyl (C=O) groups is 2. The van der Waals surface area contributed by atoms with Gasteiger partial charge in [0, 0.05) is 19.9 Å². The summed E-state index contributed by atoms with van der Waals surface area (Å²) < 4.78 is 13.6. The summed E-state index contributed by atoms with van der Waals surface area (Å²) in [6, 6.07) is 7.23. The SMILES string of the molecule is Cc1nn(C)c(C)c1NC(=O)CN1CC2(CCOCC2)Oc2ccccc2C1=O. The van der Waals surface area contributed by atoms with Gasteiger partial charge >= 0.3 is 0 Å². The lowest BCUT2D eigenvalue weighted by Crippen LogP contribution is -2.52. The van der Waals surface area contributed by atoms with E-state index in [-0.39, 0.29) is 18.4 Å². The second-order valence-electron chi connectivity index (χ2n) is 7.77. The lowest BCUT2D eigenvalue weighted by Gasteiger charge is -2.38. The first-order valence-electron chi connectivity index (χ1n) is 9.84. The van der Waals surface area contributed by atoms with Crippen LogP contribution in [0.15, 0.2) is 24.3 Å². The maximum Gasteiger partial charge on any atom is 0.258 e. The fourth-order valence-corrected chi connectivity index (χ4v) is 4.03. The van der Waals surface area contributed by atoms with E-state index in [1.54, 1.807) is 15.6 Å². The van der Waals surface area contributed by atoms with Gasteiger partial charge in [0.05, 0.1) is 42.4 Å². The third kappa shape index (κ3) is 3.72. The first kappa shape index (κ1) is 19.4. The molecule has 1 aromatic carbocycles. The average molecular weight is 398 g/mol. The Kier molecular flexibility index (Phi) is 5.04. The molecule has 3 heterocycles. The number of nitrogens with zero attached hydrogens (tertiary/aromatic N) is 3. The highest BCUT2D eigenvalue weighted by Crippen LogP contribution is 2.35. The van der Waals surface area contributed by atoms with E-state index >= 15 is 0 Å². The van der Waals surface area contributed by atoms with Gasteiger partial charge in [0.25, 0.3) is 5.91 Å². The van der Waals surface area contributed by atoms with Crippen molar-refractivity contribution in [2.75, 3.05) is 31.6 Å². The van der Waals surface area contributed by atoms with Gasteiger partial charge in [-0.2, -0.15) is 5.10 Å². The zero-order valence-corrected chi connectivity index (χ0v) is 17.0. The largest absolute Gasteiger partial charge is 0.484 e. The second kappa shape index (κ2) is 7.51. The molecule has 0 atom stereocenters. The summed E-state index contributed by atoms with van der Waals surface area (Å²) in [5.74, 6) is 0.124. The van der Waals surface area contributed by atoms with Gasteiger partial charge in [0.15, 0.2) is 0 Å². The van der Waals surface area contributed by atoms with Crippen molar-refractivity contribution < 1.29 is 19.1 Å². The van der Waals surface area contributed by atoms with Crippen LogP contribution in [0.1, 0.15) is 34.6 Å². The van der Waals surface area contributed by atoms with Gasteiger partial charge < -0.3 is 19.7 Å². The Morgan fingerprint density at radius 1 is 1.24 bits per heavy atom. The van der Waals surface area contributed by atoms with Gasteiger partial charge in [-0.1, -0.05) is 12.1 Å². The third-order valence-electron chi connectivity index (χ3n) is 5.72. The van der Waals surface area contributed by atoms with Crippen molar-refractivity contribution in [3.8, 4) is 5.75 Å². The minimum atomic E-state index is -0.541. The predicted octanol–water partition coefficient (Wildman–Crippen LogP) is 2.06. The van der Waals surface area contributed by atoms with Crippen LogP contribution in [-0.2, 0) is 16.6 Å². The van der Waals surface area contributed by atoms with Gasteiger partial charge in [-0.3, -0.25) is 14.3 Å². The maximum absolute atomic E-state index is 13.2. The zero-order chi connectivity index (χ0) is 20.6. The van der Waals surface area contributed by atoms with Gasteiger partial charge in [0.2, 0.25) is 5.91 Å². The number of hydrogen-bond acceptors (Lipinski definition) is 5. The summed E-state index contributed by atoms with van der Waals surface area (Å²) in [7, 11) is 1.83. The van der Waals surface area contributed by atoms with Crippen molar-refractivity contribution in [2.24, 2.45) is 7.05 Å². The van der Waals surface area contributed by atoms with Gasteiger partial charge in [-0.05, 0) is 26.0 Å². The van der Waals surface area contributed by atoms with Crippen molar-refractivity contribution in [2.45, 2.75) is 32.3 Å². The molecule has 154 valence electrons. The van der Waals surface area contributed by atoms with Crippen LogP contribution in [0, 0.1) is 13.8 Å². The molecule has 4 rings (SSSR count). The number of benzene rings is 1. The molecule has 2 amide bonds. The number of anilines is 1. The number of carbonyl (C=O) groups excluding carboxylic acids is 2. The van der Waals surface area contributed by atoms with E-state index in [1.165, 1.54) is 0 Å². The van der Waals surface area contributed by atoms with Crippen LogP contribution < -0.4 is 10.1 Å². The van der Waals surface area contributed by atoms with E-state index in [0.29, 0.717) is 49.6 Å². The highest BCUT2D eigenvalue weighted by Gasteiger charge is 2.42. The first-order chi connectivity index (χ1) is 13.9. The molecule has 8 nitrogen and oxygen atoms in total. The number of amides is 2. The van der Waals surface area contributed by atoms with E-state index in [4.69, 9.17) is 9.47 Å². The van der Waals surface area contributed by atoms with Crippen LogP contribution in [0.5, 0.6) is 5.75 Å². The zero-order valence-electron chi connectivity index (χ0n) is 17.0. The highest BCUT2D eigenvalue weighted by atomic mass is 16.5. The minimum absolute atomic E-state index is 0.0487. The molecular formula is C21H26N4O4. The summed E-state index contributed by atoms with van der Waals surface area (Å²) in [5, 5.41) is 7.25. The minimum Gasteiger partial charge on any atom is -0.484 e. The first-order valence-corrected chi connectivity index (χ1v) is 9.84. The van der Waals surface area contributed by atoms with E-state index in [0.717, 1.165) is 11.4 Å². The molecule has 2 aliphatic rings. The normalized spacial score (nSPS) is 18.2. The number of rotatable bonds is 3. The summed E-state index contributed by atoms with van der Waals surface area (Å²) >= 11 is 0. The van der Waals surface area contributed by atoms with Crippen molar-refractivity contribution in [1.82, 2.24) is 14.7 Å². The van der Waals surface area contributed by atoms with E-state index in [1.807, 2.05) is 39.1 Å². The molecule has 0 unspecified atom stereocenters. The third-order valence-corrected chi connectivity index (χ3v) is 5.72. The Morgan fingerprint density at radius 2 is 1.97 bits per heavy atom. The van der Waals surface area contributed by atoms with Crippen molar-refractivity contribution in [3.63, 3.8) is 0 Å². The Morgan fingerprint density at radius 3 is 2.66 bits per heavy atom. The molecule has 2 aromatic rings. The quantitative estimate of drug-likeness (QED) is 0.855. The van der Waals surface area contributed by atoms with E-state index in [9.17, 15) is 9.59 Å². The van der Waals surface area contributed by atoms with Gasteiger partial charge in [0.1, 0.15) is 17.9 Å². The Hall–Kier alpha value is -2.87. The number of para-hydroxylation sites is 1. The summed E-state index contributed by atoms with van der Waals surface area (Å²) in [6.45, 7) is 5.19. The van der Waals surface area contributed by atoms with Gasteiger partial charge in [-0.25, -0.2) is 0 Å². The standard InChI is InChI=1S/C21H26N4O4/c1-14-19(15(2)24(3)23-14)22-18(26)12-25-13-21(8-10-28-11-9-21)29-17-7-5-4-6-16(17)20(25)27/h4-7H,8-13H2,1-3H3,(H,22,26). The van der Waals surface area contributed by atoms with Crippen molar-refractivity contribution in [1.29, 1.82) is 0 Å². The molecule has 1 aromatic heterocycles. The van der Waals surface area contributed by atoms with Crippen LogP contribution in [-0.4, -0.2) is 58.4 Å². The van der Waals surface area contributed by atoms with Crippen molar-refractivity contribution >= 4 is 17.5 Å². The number of ether oxygens (including phenoxy) is 2. The highest BCUT2D eigenvalue weighted by molar-refractivity contribution is 6.01. The number of aromatic nitrogens is 2. The molecule has 1 saturated heterocycles. The van der Waals surface area contributed by atoms with Crippen LogP contribution in [0.25, 0.3) is 0 Å². The molecule has 1 spiro atoms. The second-order valence-corrected chi connectivity index (χ2v) is 7.77. The van der Waals surface area contributed by atoms with Gasteiger partial charge in [-0.15, -0.1) is 0 Å². The number of nitrogens with one attached hydrogen (secondary N) is 1. The molecule has 0 saturated carbocycles. The lowest BCUT2D eigenvalue weighted by molar-refractivity contribution is -0.117. The fourth-order valence-electron chi connectivity index (χ4n) is 4.03. The molecule has 0 aliphatic carbocycles. The Balaban J connectivity index is 1.59. The van der Waals surface area contributed by atoms with Crippen LogP contribution >= 0.6 is 0 Å². The van der Waals surface area contributed by atoms with E-state index in [2.05, 4.69) is 10.4 Å². The topological polar surface area (TPSA) is 85.7 Å². The molecule has 1 fully saturated rings. The maximum atomic E-state index is 13.2. The lowest BCUT2D eigenvalue weighted by atomic mass is 9.93. The average Bonchev–Trinajstić information content (AvgIpc) is 2.87. The molecule has 29 heavy (non-hydrogen) atoms. The Bertz CT molecular complexity index is 946. The molecule has 1 N–H and O–H groups in total. The van der Waals surface area contributed by atoms with Crippen LogP contribution in [0.2, 0.25) is 0 Å². The van der Waals surface area contributed by atoms with Crippen LogP contribution in [0.3, 0.4) is 0 Å². The number of aryl methyl sites for hydroxylation is 2. The van der Waals surface area contributed by atoms with Crippen molar-refractivity contribution in [3.05, 3.63) is 41.2 Å². The number of hydrogen-bond donors (Lipinski definition) is 1. The monoisotopic (exact) mass is 398 g/mol. The predicted molar refractivity (Wildman–Crippen MR) is 107 cm³/mol. The molecule has 8 heteroatoms. The summed E-state index contributed by atoms with van der Waals surface area (Å²) in [5.41, 5.74) is 2.25. The molecular weight excluding hydrogens is 372 g/mol. The molecule has 2 aliphatic heterocycles. The Labute approximate surface area is 169 Å². The summed E-state index contributed by atoms with van der Waals surface area (Å²) in [6.07, 6.45) is 1.35. The molecule has 0 radical (unpaired) electrons. The summed E-state index contributed by atoms with van der Waals surface area (Å²) in [4.78, 5) is 27.6. The van der Waals surface area contributed by atoms with E-state index < -0.39 is 5.60 Å². The molecule has 0 bridgehead atoms. The smallest absolute Gasteiger partial charge is 0.258 e. The fraction of sp³-hybridized carbons (Fsp3) is 0.476. The number of fused-ring (bicyclic) bond motifs is 1.